The van der Waals surface area contributed by atoms with Gasteiger partial charge in [0.05, 0.1) is 17.7 Å². The van der Waals surface area contributed by atoms with Crippen molar-refractivity contribution >= 4 is 17.4 Å². The van der Waals surface area contributed by atoms with Crippen molar-refractivity contribution in [2.75, 3.05) is 5.32 Å². The summed E-state index contributed by atoms with van der Waals surface area (Å²) in [5.74, 6) is -0.599. The van der Waals surface area contributed by atoms with E-state index in [1.165, 1.54) is 6.92 Å². The van der Waals surface area contributed by atoms with Crippen molar-refractivity contribution in [3.8, 4) is 6.07 Å². The van der Waals surface area contributed by atoms with E-state index in [-0.39, 0.29) is 12.2 Å². The fourth-order valence-electron chi connectivity index (χ4n) is 1.28. The van der Waals surface area contributed by atoms with Gasteiger partial charge in [-0.15, -0.1) is 0 Å². The number of Topliss-reactive ketones (excluding diaryl/α,β-unsaturated/α-hetero) is 1. The Morgan fingerprint density at radius 1 is 1.44 bits per heavy atom. The Labute approximate surface area is 93.9 Å². The molecule has 0 fully saturated rings. The van der Waals surface area contributed by atoms with Crippen molar-refractivity contribution in [3.05, 3.63) is 29.3 Å². The molecule has 0 aromatic heterocycles. The molecule has 0 atom stereocenters. The summed E-state index contributed by atoms with van der Waals surface area (Å²) < 4.78 is 0. The van der Waals surface area contributed by atoms with Gasteiger partial charge in [-0.2, -0.15) is 5.26 Å². The van der Waals surface area contributed by atoms with Crippen LogP contribution in [0, 0.1) is 18.3 Å². The van der Waals surface area contributed by atoms with E-state index < -0.39 is 5.91 Å². The van der Waals surface area contributed by atoms with Crippen LogP contribution in [0.25, 0.3) is 0 Å². The van der Waals surface area contributed by atoms with Crippen LogP contribution in [-0.4, -0.2) is 11.7 Å². The first kappa shape index (κ1) is 11.9. The molecule has 16 heavy (non-hydrogen) atoms. The third-order valence-corrected chi connectivity index (χ3v) is 1.98. The molecule has 1 rings (SSSR count). The molecule has 4 heteroatoms. The van der Waals surface area contributed by atoms with E-state index in [4.69, 9.17) is 5.26 Å². The largest absolute Gasteiger partial charge is 0.325 e. The average Bonchev–Trinajstić information content (AvgIpc) is 2.16. The molecule has 0 bridgehead atoms. The fraction of sp³-hybridized carbons (Fsp3) is 0.250. The van der Waals surface area contributed by atoms with Crippen LogP contribution in [0.3, 0.4) is 0 Å². The highest BCUT2D eigenvalue weighted by Gasteiger charge is 2.08. The summed E-state index contributed by atoms with van der Waals surface area (Å²) in [7, 11) is 0. The molecule has 1 N–H and O–H groups in total. The van der Waals surface area contributed by atoms with Gasteiger partial charge in [0.25, 0.3) is 0 Å². The molecule has 0 radical (unpaired) electrons. The minimum Gasteiger partial charge on any atom is -0.325 e. The molecule has 0 saturated heterocycles. The first-order valence-corrected chi connectivity index (χ1v) is 4.83. The molecule has 0 heterocycles. The van der Waals surface area contributed by atoms with E-state index in [9.17, 15) is 9.59 Å². The second-order valence-electron chi connectivity index (χ2n) is 3.59. The van der Waals surface area contributed by atoms with Crippen LogP contribution in [0.5, 0.6) is 0 Å². The Balaban J connectivity index is 2.88. The molecule has 4 nitrogen and oxygen atoms in total. The molecule has 0 spiro atoms. The van der Waals surface area contributed by atoms with Gasteiger partial charge < -0.3 is 5.32 Å². The lowest BCUT2D eigenvalue weighted by atomic mass is 10.1. The molecule has 1 aromatic rings. The molecule has 1 amide bonds. The first-order valence-electron chi connectivity index (χ1n) is 4.83. The van der Waals surface area contributed by atoms with Gasteiger partial charge in [0.1, 0.15) is 11.9 Å². The number of nitrogens with one attached hydrogen (secondary N) is 1. The van der Waals surface area contributed by atoms with Crippen LogP contribution < -0.4 is 5.32 Å². The van der Waals surface area contributed by atoms with E-state index in [2.05, 4.69) is 5.32 Å². The minimum atomic E-state index is -0.394. The molecule has 1 aromatic carbocycles. The van der Waals surface area contributed by atoms with Gasteiger partial charge in [-0.05, 0) is 31.5 Å². The number of carbonyl (C=O) groups is 2. The predicted molar refractivity (Wildman–Crippen MR) is 59.8 cm³/mol. The van der Waals surface area contributed by atoms with Crippen LogP contribution in [0.2, 0.25) is 0 Å². The minimum absolute atomic E-state index is 0.168. The number of nitriles is 1. The quantitative estimate of drug-likeness (QED) is 0.783. The van der Waals surface area contributed by atoms with Crippen LogP contribution in [0.15, 0.2) is 18.2 Å². The Kier molecular flexibility index (Phi) is 3.78. The third kappa shape index (κ3) is 3.21. The highest BCUT2D eigenvalue weighted by molar-refractivity contribution is 6.04. The molecule has 0 saturated carbocycles. The summed E-state index contributed by atoms with van der Waals surface area (Å²) in [5, 5.41) is 11.4. The number of hydrogen-bond donors (Lipinski definition) is 1. The Hall–Kier alpha value is -2.15. The lowest BCUT2D eigenvalue weighted by Crippen LogP contribution is -2.15. The molecule has 0 aliphatic carbocycles. The van der Waals surface area contributed by atoms with Crippen molar-refractivity contribution in [3.63, 3.8) is 0 Å². The van der Waals surface area contributed by atoms with Gasteiger partial charge in [-0.25, -0.2) is 0 Å². The number of hydrogen-bond acceptors (Lipinski definition) is 3. The van der Waals surface area contributed by atoms with Gasteiger partial charge in [0, 0.05) is 0 Å². The molecule has 0 unspecified atom stereocenters. The maximum Gasteiger partial charge on any atom is 0.231 e. The van der Waals surface area contributed by atoms with Crippen molar-refractivity contribution < 1.29 is 9.59 Å². The number of nitrogens with zero attached hydrogens (tertiary/aromatic N) is 1. The van der Waals surface area contributed by atoms with Crippen LogP contribution >= 0.6 is 0 Å². The first-order chi connectivity index (χ1) is 7.52. The molecule has 0 aliphatic rings. The fourth-order valence-corrected chi connectivity index (χ4v) is 1.28. The Morgan fingerprint density at radius 2 is 2.12 bits per heavy atom. The smallest absolute Gasteiger partial charge is 0.231 e. The van der Waals surface area contributed by atoms with Crippen LogP contribution in [0.1, 0.15) is 24.5 Å². The summed E-state index contributed by atoms with van der Waals surface area (Å²) in [6.45, 7) is 3.21. The second-order valence-corrected chi connectivity index (χ2v) is 3.59. The van der Waals surface area contributed by atoms with Crippen molar-refractivity contribution in [1.82, 2.24) is 0 Å². The lowest BCUT2D eigenvalue weighted by molar-refractivity contribution is -0.124. The lowest BCUT2D eigenvalue weighted by Gasteiger charge is -2.06. The summed E-state index contributed by atoms with van der Waals surface area (Å²) in [4.78, 5) is 22.1. The standard InChI is InChI=1S/C12H12N2O2/c1-8-3-4-10(7-13)11(5-8)14-12(16)6-9(2)15/h3-5H,6H2,1-2H3,(H,14,16). The maximum absolute atomic E-state index is 11.4. The van der Waals surface area contributed by atoms with E-state index in [0.29, 0.717) is 11.3 Å². The number of ketones is 1. The van der Waals surface area contributed by atoms with Crippen molar-refractivity contribution in [1.29, 1.82) is 5.26 Å². The average molecular weight is 216 g/mol. The van der Waals surface area contributed by atoms with Gasteiger partial charge in [-0.1, -0.05) is 6.07 Å². The topological polar surface area (TPSA) is 70.0 Å². The van der Waals surface area contributed by atoms with Gasteiger partial charge >= 0.3 is 0 Å². The van der Waals surface area contributed by atoms with Crippen molar-refractivity contribution in [2.24, 2.45) is 0 Å². The number of aryl methyl sites for hydroxylation is 1. The highest BCUT2D eigenvalue weighted by atomic mass is 16.2. The molecule has 82 valence electrons. The van der Waals surface area contributed by atoms with Gasteiger partial charge in [0.15, 0.2) is 0 Å². The highest BCUT2D eigenvalue weighted by Crippen LogP contribution is 2.16. The van der Waals surface area contributed by atoms with E-state index in [0.717, 1.165) is 5.56 Å². The number of rotatable bonds is 3. The SMILES string of the molecule is CC(=O)CC(=O)Nc1cc(C)ccc1C#N. The Bertz CT molecular complexity index is 472. The summed E-state index contributed by atoms with van der Waals surface area (Å²) in [6, 6.07) is 7.12. The van der Waals surface area contributed by atoms with Gasteiger partial charge in [0.2, 0.25) is 5.91 Å². The summed E-state index contributed by atoms with van der Waals surface area (Å²) in [5.41, 5.74) is 1.79. The zero-order valence-electron chi connectivity index (χ0n) is 9.20. The number of anilines is 1. The number of carbonyl (C=O) groups excluding carboxylic acids is 2. The zero-order chi connectivity index (χ0) is 12.1. The zero-order valence-corrected chi connectivity index (χ0v) is 9.20. The van der Waals surface area contributed by atoms with Crippen molar-refractivity contribution in [2.45, 2.75) is 20.3 Å². The molecular weight excluding hydrogens is 204 g/mol. The number of benzene rings is 1. The summed E-state index contributed by atoms with van der Waals surface area (Å²) in [6.07, 6.45) is -0.168. The van der Waals surface area contributed by atoms with Crippen LogP contribution in [-0.2, 0) is 9.59 Å². The molecular formula is C12H12N2O2. The molecule has 0 aliphatic heterocycles. The second kappa shape index (κ2) is 5.08. The Morgan fingerprint density at radius 3 is 2.69 bits per heavy atom. The monoisotopic (exact) mass is 216 g/mol. The van der Waals surface area contributed by atoms with Gasteiger partial charge in [-0.3, -0.25) is 9.59 Å². The number of amides is 1. The summed E-state index contributed by atoms with van der Waals surface area (Å²) >= 11 is 0. The van der Waals surface area contributed by atoms with E-state index in [1.807, 2.05) is 13.0 Å². The maximum atomic E-state index is 11.4. The van der Waals surface area contributed by atoms with E-state index in [1.54, 1.807) is 18.2 Å². The normalized spacial score (nSPS) is 9.31. The van der Waals surface area contributed by atoms with Crippen LogP contribution in [0.4, 0.5) is 5.69 Å². The van der Waals surface area contributed by atoms with E-state index >= 15 is 0 Å². The third-order valence-electron chi connectivity index (χ3n) is 1.98. The predicted octanol–water partition coefficient (Wildman–Crippen LogP) is 1.78.